The maximum absolute atomic E-state index is 12.2. The minimum atomic E-state index is -0.581. The molecule has 0 aliphatic carbocycles. The molecule has 0 atom stereocenters. The van der Waals surface area contributed by atoms with Crippen LogP contribution in [-0.2, 0) is 22.7 Å². The molecule has 0 unspecified atom stereocenters. The smallest absolute Gasteiger partial charge is 0.338 e. The first-order valence-corrected chi connectivity index (χ1v) is 9.02. The van der Waals surface area contributed by atoms with Gasteiger partial charge in [-0.3, -0.25) is 4.79 Å². The zero-order valence-corrected chi connectivity index (χ0v) is 16.5. The van der Waals surface area contributed by atoms with E-state index in [1.54, 1.807) is 43.4 Å². The van der Waals surface area contributed by atoms with E-state index in [1.165, 1.54) is 11.2 Å². The third-order valence-corrected chi connectivity index (χ3v) is 4.38. The highest BCUT2D eigenvalue weighted by atomic mass is 16.5. The van der Waals surface area contributed by atoms with Crippen LogP contribution in [0.1, 0.15) is 33.1 Å². The van der Waals surface area contributed by atoms with E-state index in [0.29, 0.717) is 36.0 Å². The van der Waals surface area contributed by atoms with Crippen LogP contribution in [0.15, 0.2) is 51.6 Å². The molecule has 0 N–H and O–H groups in total. The Hall–Kier alpha value is -3.55. The number of ether oxygens (including phenoxy) is 2. The molecule has 3 aromatic rings. The lowest BCUT2D eigenvalue weighted by Crippen LogP contribution is -2.30. The van der Waals surface area contributed by atoms with Gasteiger partial charge in [-0.15, -0.1) is 0 Å². The summed E-state index contributed by atoms with van der Waals surface area (Å²) in [5, 5.41) is 3.88. The highest BCUT2D eigenvalue weighted by molar-refractivity contribution is 5.91. The number of benzene rings is 1. The van der Waals surface area contributed by atoms with Crippen LogP contribution < -0.4 is 4.74 Å². The highest BCUT2D eigenvalue weighted by Crippen LogP contribution is 2.18. The maximum atomic E-state index is 12.2. The lowest BCUT2D eigenvalue weighted by Gasteiger charge is -2.15. The Balaban J connectivity index is 1.47. The molecule has 0 saturated carbocycles. The van der Waals surface area contributed by atoms with Crippen LogP contribution in [0.5, 0.6) is 5.75 Å². The molecule has 0 aliphatic rings. The van der Waals surface area contributed by atoms with Gasteiger partial charge in [0, 0.05) is 7.05 Å². The number of hydrogen-bond acceptors (Lipinski definition) is 7. The molecule has 0 saturated heterocycles. The number of likely N-dealkylation sites (N-methyl/N-ethyl adjacent to an activating group) is 1. The van der Waals surface area contributed by atoms with Crippen LogP contribution in [0.3, 0.4) is 0 Å². The number of amides is 1. The monoisotopic (exact) mass is 398 g/mol. The van der Waals surface area contributed by atoms with Gasteiger partial charge >= 0.3 is 5.97 Å². The van der Waals surface area contributed by atoms with E-state index in [0.717, 1.165) is 11.3 Å². The van der Waals surface area contributed by atoms with Crippen LogP contribution in [0.2, 0.25) is 0 Å². The summed E-state index contributed by atoms with van der Waals surface area (Å²) in [4.78, 5) is 25.7. The SMILES string of the molecule is Cc1noc(C)c1COc1ccc(C(=O)OCC(=O)N(C)Cc2ccco2)cc1. The predicted molar refractivity (Wildman–Crippen MR) is 102 cm³/mol. The van der Waals surface area contributed by atoms with Crippen molar-refractivity contribution in [2.45, 2.75) is 27.0 Å². The molecular weight excluding hydrogens is 376 g/mol. The summed E-state index contributed by atoms with van der Waals surface area (Å²) in [6.45, 7) is 3.95. The Morgan fingerprint density at radius 2 is 1.90 bits per heavy atom. The Morgan fingerprint density at radius 3 is 2.52 bits per heavy atom. The van der Waals surface area contributed by atoms with Gasteiger partial charge in [-0.2, -0.15) is 0 Å². The maximum Gasteiger partial charge on any atom is 0.338 e. The Morgan fingerprint density at radius 1 is 1.14 bits per heavy atom. The van der Waals surface area contributed by atoms with Gasteiger partial charge in [0.1, 0.15) is 23.9 Å². The van der Waals surface area contributed by atoms with Crippen molar-refractivity contribution in [3.63, 3.8) is 0 Å². The van der Waals surface area contributed by atoms with Crippen LogP contribution in [0.25, 0.3) is 0 Å². The number of carbonyl (C=O) groups excluding carboxylic acids is 2. The largest absolute Gasteiger partial charge is 0.489 e. The van der Waals surface area contributed by atoms with Gasteiger partial charge in [0.2, 0.25) is 0 Å². The molecule has 2 aromatic heterocycles. The lowest BCUT2D eigenvalue weighted by atomic mass is 10.2. The van der Waals surface area contributed by atoms with Crippen molar-refractivity contribution in [2.75, 3.05) is 13.7 Å². The van der Waals surface area contributed by atoms with Crippen molar-refractivity contribution in [3.05, 3.63) is 71.0 Å². The van der Waals surface area contributed by atoms with Gasteiger partial charge in [0.15, 0.2) is 6.61 Å². The van der Waals surface area contributed by atoms with Crippen molar-refractivity contribution in [2.24, 2.45) is 0 Å². The van der Waals surface area contributed by atoms with Crippen molar-refractivity contribution in [3.8, 4) is 5.75 Å². The zero-order chi connectivity index (χ0) is 20.8. The normalized spacial score (nSPS) is 10.6. The molecule has 0 radical (unpaired) electrons. The molecule has 8 heteroatoms. The summed E-state index contributed by atoms with van der Waals surface area (Å²) in [6.07, 6.45) is 1.54. The van der Waals surface area contributed by atoms with Crippen LogP contribution in [-0.4, -0.2) is 35.6 Å². The molecule has 152 valence electrons. The number of rotatable bonds is 8. The molecule has 3 rings (SSSR count). The Labute approximate surface area is 168 Å². The fourth-order valence-electron chi connectivity index (χ4n) is 2.60. The summed E-state index contributed by atoms with van der Waals surface area (Å²) >= 11 is 0. The van der Waals surface area contributed by atoms with E-state index in [-0.39, 0.29) is 12.5 Å². The summed E-state index contributed by atoms with van der Waals surface area (Å²) < 4.78 is 21.1. The topological polar surface area (TPSA) is 95.0 Å². The molecule has 0 aliphatic heterocycles. The number of esters is 1. The third-order valence-electron chi connectivity index (χ3n) is 4.38. The van der Waals surface area contributed by atoms with E-state index in [9.17, 15) is 9.59 Å². The van der Waals surface area contributed by atoms with E-state index < -0.39 is 5.97 Å². The first-order chi connectivity index (χ1) is 13.9. The summed E-state index contributed by atoms with van der Waals surface area (Å²) in [5.41, 5.74) is 2.01. The zero-order valence-electron chi connectivity index (χ0n) is 16.5. The van der Waals surface area contributed by atoms with Gasteiger partial charge in [0.25, 0.3) is 5.91 Å². The predicted octanol–water partition coefficient (Wildman–Crippen LogP) is 3.28. The first-order valence-electron chi connectivity index (χ1n) is 9.02. The number of nitrogens with zero attached hydrogens (tertiary/aromatic N) is 2. The molecule has 0 spiro atoms. The van der Waals surface area contributed by atoms with Gasteiger partial charge in [0.05, 0.1) is 29.6 Å². The molecular formula is C21H22N2O6. The quantitative estimate of drug-likeness (QED) is 0.537. The molecule has 0 bridgehead atoms. The van der Waals surface area contributed by atoms with Crippen molar-refractivity contribution in [1.82, 2.24) is 10.1 Å². The Bertz CT molecular complexity index is 940. The number of aromatic nitrogens is 1. The second-order valence-corrected chi connectivity index (χ2v) is 6.52. The summed E-state index contributed by atoms with van der Waals surface area (Å²) in [6, 6.07) is 10.0. The van der Waals surface area contributed by atoms with Gasteiger partial charge in [-0.1, -0.05) is 5.16 Å². The number of hydrogen-bond donors (Lipinski definition) is 0. The summed E-state index contributed by atoms with van der Waals surface area (Å²) in [5.74, 6) is 1.05. The van der Waals surface area contributed by atoms with Gasteiger partial charge < -0.3 is 23.3 Å². The number of carbonyl (C=O) groups is 2. The van der Waals surface area contributed by atoms with Gasteiger partial charge in [-0.25, -0.2) is 4.79 Å². The highest BCUT2D eigenvalue weighted by Gasteiger charge is 2.15. The van der Waals surface area contributed by atoms with Crippen LogP contribution >= 0.6 is 0 Å². The second kappa shape index (κ2) is 9.09. The molecule has 8 nitrogen and oxygen atoms in total. The average Bonchev–Trinajstić information content (AvgIpc) is 3.34. The summed E-state index contributed by atoms with van der Waals surface area (Å²) in [7, 11) is 1.61. The first kappa shape index (κ1) is 20.2. The minimum absolute atomic E-state index is 0.306. The average molecular weight is 398 g/mol. The fraction of sp³-hybridized carbons (Fsp3) is 0.286. The van der Waals surface area contributed by atoms with E-state index in [4.69, 9.17) is 18.4 Å². The Kier molecular flexibility index (Phi) is 6.33. The fourth-order valence-corrected chi connectivity index (χ4v) is 2.60. The standard InChI is InChI=1S/C21H22N2O6/c1-14-19(15(2)29-22-14)12-27-17-8-6-16(7-9-17)21(25)28-13-20(24)23(3)11-18-5-4-10-26-18/h4-10H,11-13H2,1-3H3. The third kappa shape index (κ3) is 5.25. The van der Waals surface area contributed by atoms with Gasteiger partial charge in [-0.05, 0) is 50.2 Å². The van der Waals surface area contributed by atoms with Crippen molar-refractivity contribution >= 4 is 11.9 Å². The van der Waals surface area contributed by atoms with Crippen molar-refractivity contribution < 1.29 is 28.0 Å². The van der Waals surface area contributed by atoms with E-state index in [2.05, 4.69) is 5.16 Å². The second-order valence-electron chi connectivity index (χ2n) is 6.52. The number of furan rings is 1. The van der Waals surface area contributed by atoms with Crippen LogP contribution in [0, 0.1) is 13.8 Å². The molecule has 1 amide bonds. The molecule has 0 fully saturated rings. The molecule has 1 aromatic carbocycles. The molecule has 29 heavy (non-hydrogen) atoms. The van der Waals surface area contributed by atoms with Crippen molar-refractivity contribution in [1.29, 1.82) is 0 Å². The minimum Gasteiger partial charge on any atom is -0.489 e. The van der Waals surface area contributed by atoms with E-state index in [1.807, 2.05) is 13.8 Å². The van der Waals surface area contributed by atoms with Crippen LogP contribution in [0.4, 0.5) is 0 Å². The lowest BCUT2D eigenvalue weighted by molar-refractivity contribution is -0.133. The molecule has 2 heterocycles. The van der Waals surface area contributed by atoms with E-state index >= 15 is 0 Å². The number of aryl methyl sites for hydroxylation is 2.